The summed E-state index contributed by atoms with van der Waals surface area (Å²) < 4.78 is 5.06. The third kappa shape index (κ3) is 4.49. The van der Waals surface area contributed by atoms with Crippen molar-refractivity contribution in [3.63, 3.8) is 0 Å². The molecule has 0 spiro atoms. The van der Waals surface area contributed by atoms with Crippen molar-refractivity contribution in [1.29, 1.82) is 0 Å². The summed E-state index contributed by atoms with van der Waals surface area (Å²) in [6.07, 6.45) is 0. The monoisotopic (exact) mass is 297 g/mol. The molecule has 2 nitrogen and oxygen atoms in total. The fourth-order valence-corrected chi connectivity index (χ4v) is 1.48. The van der Waals surface area contributed by atoms with Crippen LogP contribution < -0.4 is 0 Å². The fourth-order valence-electron chi connectivity index (χ4n) is 1.48. The number of nitrogens with zero attached hydrogens (tertiary/aromatic N) is 1. The summed E-state index contributed by atoms with van der Waals surface area (Å²) in [5.74, 6) is 0. The van der Waals surface area contributed by atoms with Crippen LogP contribution in [-0.2, 0) is 26.4 Å². The van der Waals surface area contributed by atoms with Crippen molar-refractivity contribution in [3.05, 3.63) is 54.2 Å². The fraction of sp³-hybridized carbons (Fsp3) is 0.154. The van der Waals surface area contributed by atoms with Crippen LogP contribution in [0.5, 0.6) is 0 Å². The number of methoxy groups -OCH3 is 1. The van der Waals surface area contributed by atoms with E-state index in [1.807, 2.05) is 36.4 Å². The van der Waals surface area contributed by atoms with E-state index in [-0.39, 0.29) is 0 Å². The van der Waals surface area contributed by atoms with E-state index < -0.39 is 0 Å². The minimum absolute atomic E-state index is 0.556. The van der Waals surface area contributed by atoms with Gasteiger partial charge in [0.2, 0.25) is 0 Å². The number of halogens is 1. The molecule has 2 rings (SSSR count). The second kappa shape index (κ2) is 8.26. The van der Waals surface area contributed by atoms with Gasteiger partial charge in [0.25, 0.3) is 0 Å². The summed E-state index contributed by atoms with van der Waals surface area (Å²) >= 11 is 3.66. The molecule has 1 aromatic heterocycles. The van der Waals surface area contributed by atoms with E-state index in [4.69, 9.17) is 4.74 Å². The van der Waals surface area contributed by atoms with E-state index in [1.165, 1.54) is 0 Å². The predicted molar refractivity (Wildman–Crippen MR) is 66.2 cm³/mol. The Bertz CT molecular complexity index is 436. The number of hydrogen-bond acceptors (Lipinski definition) is 2. The van der Waals surface area contributed by atoms with Gasteiger partial charge in [0.1, 0.15) is 0 Å². The Labute approximate surface area is 114 Å². The molecule has 0 unspecified atom stereocenters. The zero-order valence-corrected chi connectivity index (χ0v) is 11.1. The normalized spacial score (nSPS) is 9.41. The number of aromatic nitrogens is 1. The summed E-state index contributed by atoms with van der Waals surface area (Å²) in [6.45, 7) is 0.556. The van der Waals surface area contributed by atoms with E-state index in [9.17, 15) is 0 Å². The predicted octanol–water partition coefficient (Wildman–Crippen LogP) is 3.58. The molecule has 17 heavy (non-hydrogen) atoms. The third-order valence-corrected chi connectivity index (χ3v) is 2.17. The molecule has 1 aromatic carbocycles. The van der Waals surface area contributed by atoms with Gasteiger partial charge in [-0.2, -0.15) is 0 Å². The van der Waals surface area contributed by atoms with Crippen LogP contribution in [0.15, 0.2) is 48.5 Å². The van der Waals surface area contributed by atoms with E-state index in [2.05, 4.69) is 42.3 Å². The molecule has 0 radical (unpaired) electrons. The van der Waals surface area contributed by atoms with Crippen molar-refractivity contribution in [1.82, 2.24) is 4.98 Å². The van der Waals surface area contributed by atoms with Crippen LogP contribution in [0.1, 0.15) is 5.69 Å². The average Bonchev–Trinajstić information content (AvgIpc) is 2.43. The molecular formula is C13H13ClCuNO. The molecule has 94 valence electrons. The van der Waals surface area contributed by atoms with E-state index >= 15 is 0 Å². The molecule has 0 aliphatic carbocycles. The van der Waals surface area contributed by atoms with Crippen molar-refractivity contribution in [2.24, 2.45) is 0 Å². The van der Waals surface area contributed by atoms with Crippen molar-refractivity contribution in [2.75, 3.05) is 7.11 Å². The Morgan fingerprint density at radius 2 is 1.76 bits per heavy atom. The van der Waals surface area contributed by atoms with Crippen molar-refractivity contribution >= 4 is 10.1 Å². The first kappa shape index (κ1) is 14.2. The van der Waals surface area contributed by atoms with Gasteiger partial charge in [0.15, 0.2) is 0 Å². The molecule has 2 aromatic rings. The van der Waals surface area contributed by atoms with Crippen LogP contribution >= 0.6 is 10.1 Å². The number of ether oxygens (including phenoxy) is 1. The summed E-state index contributed by atoms with van der Waals surface area (Å²) in [7, 11) is 5.88. The summed E-state index contributed by atoms with van der Waals surface area (Å²) in [5.41, 5.74) is 3.08. The summed E-state index contributed by atoms with van der Waals surface area (Å²) in [5, 5.41) is 0. The van der Waals surface area contributed by atoms with Gasteiger partial charge in [-0.05, 0) is 12.1 Å². The molecule has 0 saturated carbocycles. The van der Waals surface area contributed by atoms with E-state index in [1.54, 1.807) is 7.11 Å². The first-order valence-electron chi connectivity index (χ1n) is 5.02. The van der Waals surface area contributed by atoms with Crippen molar-refractivity contribution < 1.29 is 19.8 Å². The standard InChI is InChI=1S/C13H13NO.ClH.Cu/c1-15-10-12-8-5-9-13(14-12)11-6-3-2-4-7-11;;/h2-9H,10H2,1H3;1H;/q;;+1/p-1. The molecular weight excluding hydrogens is 285 g/mol. The second-order valence-electron chi connectivity index (χ2n) is 3.31. The zero-order chi connectivity index (χ0) is 12.5. The van der Waals surface area contributed by atoms with E-state index in [0.717, 1.165) is 17.0 Å². The molecule has 0 saturated heterocycles. The van der Waals surface area contributed by atoms with Crippen LogP contribution in [0, 0.1) is 0 Å². The van der Waals surface area contributed by atoms with Gasteiger partial charge in [0.05, 0.1) is 18.0 Å². The minimum atomic E-state index is 0.556. The molecule has 0 aliphatic heterocycles. The second-order valence-corrected chi connectivity index (χ2v) is 3.31. The molecule has 0 atom stereocenters. The van der Waals surface area contributed by atoms with Crippen LogP contribution in [0.4, 0.5) is 0 Å². The Morgan fingerprint density at radius 1 is 1.06 bits per heavy atom. The Kier molecular flexibility index (Phi) is 6.90. The van der Waals surface area contributed by atoms with Crippen LogP contribution in [0.25, 0.3) is 11.3 Å². The Hall–Kier alpha value is -0.861. The average molecular weight is 298 g/mol. The number of hydrogen-bond donors (Lipinski definition) is 0. The van der Waals surface area contributed by atoms with Gasteiger partial charge in [-0.15, -0.1) is 0 Å². The van der Waals surface area contributed by atoms with Crippen LogP contribution in [0.2, 0.25) is 0 Å². The first-order chi connectivity index (χ1) is 8.40. The van der Waals surface area contributed by atoms with Gasteiger partial charge in [-0.25, -0.2) is 0 Å². The molecule has 1 heterocycles. The van der Waals surface area contributed by atoms with Gasteiger partial charge < -0.3 is 4.74 Å². The van der Waals surface area contributed by atoms with Gasteiger partial charge >= 0.3 is 25.2 Å². The van der Waals surface area contributed by atoms with Gasteiger partial charge in [-0.3, -0.25) is 4.98 Å². The molecule has 0 bridgehead atoms. The topological polar surface area (TPSA) is 22.1 Å². The summed E-state index contributed by atoms with van der Waals surface area (Å²) in [6, 6.07) is 16.1. The maximum absolute atomic E-state index is 5.06. The molecule has 0 N–H and O–H groups in total. The quantitative estimate of drug-likeness (QED) is 0.808. The van der Waals surface area contributed by atoms with Crippen molar-refractivity contribution in [3.8, 4) is 11.3 Å². The third-order valence-electron chi connectivity index (χ3n) is 2.17. The SMILES string of the molecule is COCc1cccc(-c2ccccc2)n1.[Cl][Cu]. The molecule has 0 amide bonds. The van der Waals surface area contributed by atoms with E-state index in [0.29, 0.717) is 6.61 Å². The summed E-state index contributed by atoms with van der Waals surface area (Å²) in [4.78, 5) is 4.51. The van der Waals surface area contributed by atoms with Crippen LogP contribution in [0.3, 0.4) is 0 Å². The van der Waals surface area contributed by atoms with Gasteiger partial charge in [0, 0.05) is 12.7 Å². The first-order valence-corrected chi connectivity index (χ1v) is 6.31. The van der Waals surface area contributed by atoms with Gasteiger partial charge in [-0.1, -0.05) is 36.4 Å². The van der Waals surface area contributed by atoms with Crippen LogP contribution in [-0.4, -0.2) is 12.1 Å². The number of rotatable bonds is 3. The van der Waals surface area contributed by atoms with Crippen molar-refractivity contribution in [2.45, 2.75) is 6.61 Å². The number of benzene rings is 1. The number of pyridine rings is 1. The maximum atomic E-state index is 5.06. The molecule has 0 fully saturated rings. The molecule has 4 heteroatoms. The Morgan fingerprint density at radius 3 is 2.41 bits per heavy atom. The molecule has 0 aliphatic rings. The zero-order valence-electron chi connectivity index (χ0n) is 9.36. The Balaban J connectivity index is 0.000000686.